The molecule has 4 heterocycles. The van der Waals surface area contributed by atoms with Gasteiger partial charge in [0.1, 0.15) is 23.0 Å². The number of anilines is 1. The first-order valence-electron chi connectivity index (χ1n) is 13.0. The number of carboxylic acid groups (broad SMARTS) is 2. The summed E-state index contributed by atoms with van der Waals surface area (Å²) in [6.45, 7) is 0.506. The van der Waals surface area contributed by atoms with Crippen molar-refractivity contribution in [3.8, 4) is 46.9 Å². The van der Waals surface area contributed by atoms with E-state index in [0.717, 1.165) is 17.0 Å². The first kappa shape index (κ1) is 28.2. The Balaban J connectivity index is 1.10. The summed E-state index contributed by atoms with van der Waals surface area (Å²) in [6.07, 6.45) is 1.87. The summed E-state index contributed by atoms with van der Waals surface area (Å²) in [5.74, 6) is 11.0. The van der Waals surface area contributed by atoms with Crippen LogP contribution in [-0.4, -0.2) is 69.3 Å². The van der Waals surface area contributed by atoms with E-state index in [4.69, 9.17) is 14.6 Å². The molecule has 0 bridgehead atoms. The Morgan fingerprint density at radius 3 is 2.18 bits per heavy atom. The quantitative estimate of drug-likeness (QED) is 0.169. The predicted molar refractivity (Wildman–Crippen MR) is 154 cm³/mol. The third-order valence-corrected chi connectivity index (χ3v) is 6.11. The van der Waals surface area contributed by atoms with Gasteiger partial charge in [0.25, 0.3) is 11.8 Å². The van der Waals surface area contributed by atoms with Crippen molar-refractivity contribution in [1.29, 1.82) is 0 Å². The molecule has 0 spiro atoms. The molecule has 16 heteroatoms. The van der Waals surface area contributed by atoms with Crippen molar-refractivity contribution in [1.82, 2.24) is 46.0 Å². The van der Waals surface area contributed by atoms with Gasteiger partial charge in [-0.1, -0.05) is 44.5 Å². The van der Waals surface area contributed by atoms with Crippen LogP contribution in [0.5, 0.6) is 23.3 Å². The van der Waals surface area contributed by atoms with E-state index in [1.165, 1.54) is 0 Å². The van der Waals surface area contributed by atoms with Crippen molar-refractivity contribution in [2.24, 2.45) is 7.05 Å². The average Bonchev–Trinajstić information content (AvgIpc) is 3.83. The standard InChI is InChI=1S/C29H20N10O6/c1-38-23(14-20(35-38)10-7-18-3-2-4-22(13-18)45-27-25(29(42)43)32-37-34-27)39-16-19(15-30-39)6-5-17-8-11-21(12-9-17)44-26-24(28(40)41)31-36-33-26/h2-4,8-9,11-14,16,30H,15H2,1H3,(H,40,41)(H,42,43)(H,31,33,36)(H,32,34,37). The monoisotopic (exact) mass is 604 g/mol. The van der Waals surface area contributed by atoms with Crippen LogP contribution in [0.4, 0.5) is 5.82 Å². The molecule has 0 unspecified atom stereocenters. The summed E-state index contributed by atoms with van der Waals surface area (Å²) in [6, 6.07) is 15.5. The van der Waals surface area contributed by atoms with Crippen LogP contribution >= 0.6 is 0 Å². The number of ether oxygens (including phenoxy) is 2. The van der Waals surface area contributed by atoms with Gasteiger partial charge in [-0.15, -0.1) is 0 Å². The Hall–Kier alpha value is -6.91. The minimum absolute atomic E-state index is 0.131. The third-order valence-electron chi connectivity index (χ3n) is 6.11. The smallest absolute Gasteiger partial charge is 0.359 e. The van der Waals surface area contributed by atoms with Gasteiger partial charge in [0.05, 0.1) is 6.54 Å². The lowest BCUT2D eigenvalue weighted by Crippen LogP contribution is -2.30. The minimum Gasteiger partial charge on any atom is -0.476 e. The molecular formula is C29H20N10O6. The summed E-state index contributed by atoms with van der Waals surface area (Å²) >= 11 is 0. The molecule has 0 atom stereocenters. The molecule has 1 aliphatic rings. The number of nitrogens with zero attached hydrogens (tertiary/aromatic N) is 7. The number of H-pyrrole nitrogens is 2. The molecule has 222 valence electrons. The fraction of sp³-hybridized carbons (Fsp3) is 0.0690. The molecule has 45 heavy (non-hydrogen) atoms. The SMILES string of the molecule is Cn1nc(C#Cc2cccc(Oc3nn[nH]c3C(=O)O)c2)cc1N1C=C(C#Cc2ccc(Oc3nn[nH]c3C(=O)O)cc2)CN1. The highest BCUT2D eigenvalue weighted by Crippen LogP contribution is 2.24. The Morgan fingerprint density at radius 2 is 1.49 bits per heavy atom. The number of hydrogen-bond donors (Lipinski definition) is 5. The highest BCUT2D eigenvalue weighted by atomic mass is 16.5. The number of hydrazine groups is 1. The van der Waals surface area contributed by atoms with Gasteiger partial charge in [-0.25, -0.2) is 25.2 Å². The van der Waals surface area contributed by atoms with Crippen LogP contribution < -0.4 is 19.9 Å². The second kappa shape index (κ2) is 12.1. The van der Waals surface area contributed by atoms with E-state index in [1.807, 2.05) is 17.3 Å². The highest BCUT2D eigenvalue weighted by Gasteiger charge is 2.18. The van der Waals surface area contributed by atoms with E-state index in [-0.39, 0.29) is 23.1 Å². The second-order valence-electron chi connectivity index (χ2n) is 9.22. The number of rotatable bonds is 7. The van der Waals surface area contributed by atoms with Gasteiger partial charge < -0.3 is 19.7 Å². The number of aromatic carboxylic acids is 2. The maximum atomic E-state index is 11.2. The molecule has 1 aliphatic heterocycles. The van der Waals surface area contributed by atoms with Gasteiger partial charge in [0, 0.05) is 36.0 Å². The van der Waals surface area contributed by atoms with Crippen molar-refractivity contribution >= 4 is 17.8 Å². The Kier molecular flexibility index (Phi) is 7.61. The highest BCUT2D eigenvalue weighted by molar-refractivity contribution is 5.88. The number of benzene rings is 2. The van der Waals surface area contributed by atoms with E-state index in [2.05, 4.69) is 65.0 Å². The fourth-order valence-corrected chi connectivity index (χ4v) is 4.00. The molecule has 5 N–H and O–H groups in total. The molecule has 2 aromatic carbocycles. The van der Waals surface area contributed by atoms with E-state index in [0.29, 0.717) is 29.3 Å². The molecule has 0 saturated carbocycles. The van der Waals surface area contributed by atoms with Crippen LogP contribution in [-0.2, 0) is 7.05 Å². The maximum absolute atomic E-state index is 11.2. The van der Waals surface area contributed by atoms with Crippen molar-refractivity contribution in [2.75, 3.05) is 11.6 Å². The zero-order chi connectivity index (χ0) is 31.3. The number of aryl methyl sites for hydroxylation is 1. The molecule has 16 nitrogen and oxygen atoms in total. The lowest BCUT2D eigenvalue weighted by atomic mass is 10.2. The molecule has 0 fully saturated rings. The number of carbonyl (C=O) groups is 2. The topological polar surface area (TPSA) is 209 Å². The summed E-state index contributed by atoms with van der Waals surface area (Å²) < 4.78 is 12.7. The van der Waals surface area contributed by atoms with Gasteiger partial charge in [0.2, 0.25) is 11.4 Å². The molecule has 0 aliphatic carbocycles. The molecule has 0 radical (unpaired) electrons. The Labute approximate surface area is 253 Å². The number of aromatic amines is 2. The largest absolute Gasteiger partial charge is 0.476 e. The lowest BCUT2D eigenvalue weighted by Gasteiger charge is -2.14. The van der Waals surface area contributed by atoms with E-state index < -0.39 is 11.9 Å². The van der Waals surface area contributed by atoms with Crippen molar-refractivity contribution < 1.29 is 29.3 Å². The van der Waals surface area contributed by atoms with Crippen LogP contribution in [0.15, 0.2) is 66.4 Å². The molecular weight excluding hydrogens is 584 g/mol. The van der Waals surface area contributed by atoms with Gasteiger partial charge in [-0.2, -0.15) is 5.10 Å². The Morgan fingerprint density at radius 1 is 0.822 bits per heavy atom. The predicted octanol–water partition coefficient (Wildman–Crippen LogP) is 2.30. The first-order valence-corrected chi connectivity index (χ1v) is 13.0. The lowest BCUT2D eigenvalue weighted by molar-refractivity contribution is 0.0676. The zero-order valence-corrected chi connectivity index (χ0v) is 23.1. The molecule has 0 amide bonds. The maximum Gasteiger partial charge on any atom is 0.359 e. The van der Waals surface area contributed by atoms with E-state index in [9.17, 15) is 14.7 Å². The molecule has 5 aromatic rings. The number of carboxylic acids is 2. The average molecular weight is 605 g/mol. The van der Waals surface area contributed by atoms with Crippen LogP contribution in [0.25, 0.3) is 0 Å². The van der Waals surface area contributed by atoms with Crippen LogP contribution in [0.3, 0.4) is 0 Å². The molecule has 3 aromatic heterocycles. The number of hydrogen-bond acceptors (Lipinski definition) is 11. The summed E-state index contributed by atoms with van der Waals surface area (Å²) in [5, 5.41) is 43.4. The van der Waals surface area contributed by atoms with Crippen molar-refractivity contribution in [3.05, 3.63) is 94.6 Å². The minimum atomic E-state index is -1.24. The van der Waals surface area contributed by atoms with Crippen molar-refractivity contribution in [2.45, 2.75) is 0 Å². The third kappa shape index (κ3) is 6.46. The summed E-state index contributed by atoms with van der Waals surface area (Å²) in [4.78, 5) is 22.4. The normalized spacial score (nSPS) is 12.0. The Bertz CT molecular complexity index is 2070. The second-order valence-corrected chi connectivity index (χ2v) is 9.22. The van der Waals surface area contributed by atoms with Crippen molar-refractivity contribution in [3.63, 3.8) is 0 Å². The molecule has 0 saturated heterocycles. The van der Waals surface area contributed by atoms with Gasteiger partial charge >= 0.3 is 11.9 Å². The zero-order valence-electron chi connectivity index (χ0n) is 23.1. The van der Waals surface area contributed by atoms with Gasteiger partial charge in [-0.05, 0) is 48.4 Å². The first-order chi connectivity index (χ1) is 21.8. The fourth-order valence-electron chi connectivity index (χ4n) is 4.00. The van der Waals surface area contributed by atoms with Gasteiger partial charge in [0.15, 0.2) is 0 Å². The van der Waals surface area contributed by atoms with Crippen LogP contribution in [0.1, 0.15) is 37.8 Å². The van der Waals surface area contributed by atoms with Crippen LogP contribution in [0.2, 0.25) is 0 Å². The molecule has 6 rings (SSSR count). The van der Waals surface area contributed by atoms with Crippen LogP contribution in [0, 0.1) is 23.7 Å². The van der Waals surface area contributed by atoms with E-state index in [1.54, 1.807) is 60.3 Å². The number of nitrogens with one attached hydrogen (secondary N) is 3. The summed E-state index contributed by atoms with van der Waals surface area (Å²) in [7, 11) is 1.80. The number of aromatic nitrogens is 8. The van der Waals surface area contributed by atoms with Gasteiger partial charge in [-0.3, -0.25) is 9.69 Å². The van der Waals surface area contributed by atoms with E-state index >= 15 is 0 Å². The summed E-state index contributed by atoms with van der Waals surface area (Å²) in [5.41, 5.74) is 5.48.